The molecule has 0 N–H and O–H groups in total. The van der Waals surface area contributed by atoms with E-state index in [9.17, 15) is 9.59 Å². The van der Waals surface area contributed by atoms with Crippen molar-refractivity contribution in [3.63, 3.8) is 0 Å². The summed E-state index contributed by atoms with van der Waals surface area (Å²) in [5, 5.41) is 0. The van der Waals surface area contributed by atoms with Gasteiger partial charge in [-0.05, 0) is 44.2 Å². The maximum absolute atomic E-state index is 12.4. The van der Waals surface area contributed by atoms with Gasteiger partial charge in [-0.1, -0.05) is 17.7 Å². The first-order chi connectivity index (χ1) is 13.0. The van der Waals surface area contributed by atoms with Gasteiger partial charge in [0.2, 0.25) is 11.8 Å². The second-order valence-electron chi connectivity index (χ2n) is 6.69. The quantitative estimate of drug-likeness (QED) is 0.660. The first-order valence-electron chi connectivity index (χ1n) is 9.00. The number of aromatic nitrogens is 1. The van der Waals surface area contributed by atoms with Crippen LogP contribution in [-0.2, 0) is 14.3 Å². The molecule has 1 saturated heterocycles. The smallest absolute Gasteiger partial charge is 0.311 e. The van der Waals surface area contributed by atoms with Crippen LogP contribution in [0.4, 0.5) is 5.69 Å². The Morgan fingerprint density at radius 1 is 1.26 bits per heavy atom. The molecule has 1 fully saturated rings. The van der Waals surface area contributed by atoms with Crippen LogP contribution < -0.4 is 4.90 Å². The third kappa shape index (κ3) is 3.30. The molecule has 2 heterocycles. The number of ether oxygens (including phenoxy) is 1. The summed E-state index contributed by atoms with van der Waals surface area (Å²) < 4.78 is 10.9. The van der Waals surface area contributed by atoms with Crippen molar-refractivity contribution in [2.45, 2.75) is 20.3 Å². The number of nitrogens with zero attached hydrogens (tertiary/aromatic N) is 2. The van der Waals surface area contributed by atoms with Crippen LogP contribution in [0.5, 0.6) is 0 Å². The number of aryl methyl sites for hydroxylation is 1. The van der Waals surface area contributed by atoms with E-state index in [0.717, 1.165) is 5.56 Å². The average molecular weight is 364 g/mol. The summed E-state index contributed by atoms with van der Waals surface area (Å²) in [6.07, 6.45) is 0.171. The van der Waals surface area contributed by atoms with E-state index >= 15 is 0 Å². The number of oxazole rings is 1. The van der Waals surface area contributed by atoms with E-state index in [2.05, 4.69) is 4.98 Å². The fourth-order valence-electron chi connectivity index (χ4n) is 3.28. The normalized spacial score (nSPS) is 16.9. The summed E-state index contributed by atoms with van der Waals surface area (Å²) in [4.78, 5) is 30.5. The van der Waals surface area contributed by atoms with Gasteiger partial charge in [0.05, 0.1) is 12.5 Å². The number of fused-ring (bicyclic) bond motifs is 1. The number of carbonyl (C=O) groups is 2. The van der Waals surface area contributed by atoms with Gasteiger partial charge in [0.1, 0.15) is 5.52 Å². The van der Waals surface area contributed by atoms with Crippen molar-refractivity contribution in [3.05, 3.63) is 48.0 Å². The molecule has 3 aromatic rings. The van der Waals surface area contributed by atoms with E-state index < -0.39 is 5.92 Å². The van der Waals surface area contributed by atoms with Gasteiger partial charge in [-0.3, -0.25) is 9.59 Å². The summed E-state index contributed by atoms with van der Waals surface area (Å²) >= 11 is 0. The standard InChI is InChI=1S/C21H20N2O4/c1-3-26-21(25)15-10-19(24)23(12-15)16-8-9-18-17(11-16)22-20(27-18)14-6-4-13(2)5-7-14/h4-9,11,15H,3,10,12H2,1-2H3/t15-/m1/s1. The Morgan fingerprint density at radius 3 is 2.78 bits per heavy atom. The summed E-state index contributed by atoms with van der Waals surface area (Å²) in [5.74, 6) is -0.292. The van der Waals surface area contributed by atoms with Gasteiger partial charge < -0.3 is 14.1 Å². The zero-order chi connectivity index (χ0) is 19.0. The molecule has 27 heavy (non-hydrogen) atoms. The average Bonchev–Trinajstić information content (AvgIpc) is 3.25. The molecule has 1 amide bonds. The van der Waals surface area contributed by atoms with Gasteiger partial charge in [-0.2, -0.15) is 0 Å². The highest BCUT2D eigenvalue weighted by molar-refractivity contribution is 6.00. The number of amides is 1. The van der Waals surface area contributed by atoms with E-state index in [1.807, 2.05) is 43.3 Å². The Bertz CT molecular complexity index is 1010. The molecule has 6 nitrogen and oxygen atoms in total. The molecule has 1 aromatic heterocycles. The zero-order valence-corrected chi connectivity index (χ0v) is 15.3. The van der Waals surface area contributed by atoms with E-state index in [0.29, 0.717) is 35.8 Å². The van der Waals surface area contributed by atoms with Crippen molar-refractivity contribution in [2.24, 2.45) is 5.92 Å². The monoisotopic (exact) mass is 364 g/mol. The lowest BCUT2D eigenvalue weighted by Gasteiger charge is -2.16. The van der Waals surface area contributed by atoms with Crippen molar-refractivity contribution < 1.29 is 18.7 Å². The molecule has 138 valence electrons. The number of hydrogen-bond acceptors (Lipinski definition) is 5. The highest BCUT2D eigenvalue weighted by Crippen LogP contribution is 2.31. The molecule has 4 rings (SSSR count). The number of carbonyl (C=O) groups excluding carboxylic acids is 2. The summed E-state index contributed by atoms with van der Waals surface area (Å²) in [7, 11) is 0. The van der Waals surface area contributed by atoms with Crippen LogP contribution >= 0.6 is 0 Å². The number of benzene rings is 2. The molecule has 1 aliphatic rings. The third-order valence-corrected chi connectivity index (χ3v) is 4.73. The fourth-order valence-corrected chi connectivity index (χ4v) is 3.28. The van der Waals surface area contributed by atoms with Crippen molar-refractivity contribution in [3.8, 4) is 11.5 Å². The molecule has 0 bridgehead atoms. The second kappa shape index (κ2) is 6.87. The molecular formula is C21H20N2O4. The van der Waals surface area contributed by atoms with Crippen LogP contribution in [0, 0.1) is 12.8 Å². The molecule has 2 aromatic carbocycles. The topological polar surface area (TPSA) is 72.6 Å². The molecule has 0 radical (unpaired) electrons. The van der Waals surface area contributed by atoms with Gasteiger partial charge in [0.15, 0.2) is 5.58 Å². The first-order valence-corrected chi connectivity index (χ1v) is 9.00. The van der Waals surface area contributed by atoms with E-state index in [-0.39, 0.29) is 18.3 Å². The van der Waals surface area contributed by atoms with E-state index in [4.69, 9.17) is 9.15 Å². The molecule has 0 unspecified atom stereocenters. The molecule has 1 atom stereocenters. The van der Waals surface area contributed by atoms with Gasteiger partial charge in [0, 0.05) is 24.2 Å². The molecule has 0 saturated carbocycles. The molecule has 1 aliphatic heterocycles. The summed E-state index contributed by atoms with van der Waals surface area (Å²) in [6.45, 7) is 4.43. The van der Waals surface area contributed by atoms with Gasteiger partial charge >= 0.3 is 5.97 Å². The van der Waals surface area contributed by atoms with Crippen molar-refractivity contribution in [1.29, 1.82) is 0 Å². The van der Waals surface area contributed by atoms with E-state index in [1.54, 1.807) is 17.9 Å². The minimum Gasteiger partial charge on any atom is -0.466 e. The fraction of sp³-hybridized carbons (Fsp3) is 0.286. The lowest BCUT2D eigenvalue weighted by molar-refractivity contribution is -0.147. The SMILES string of the molecule is CCOC(=O)[C@@H]1CC(=O)N(c2ccc3oc(-c4ccc(C)cc4)nc3c2)C1. The lowest BCUT2D eigenvalue weighted by atomic mass is 10.1. The highest BCUT2D eigenvalue weighted by Gasteiger charge is 2.36. The van der Waals surface area contributed by atoms with Crippen LogP contribution in [0.3, 0.4) is 0 Å². The highest BCUT2D eigenvalue weighted by atomic mass is 16.5. The van der Waals surface area contributed by atoms with Gasteiger partial charge in [-0.25, -0.2) is 4.98 Å². The van der Waals surface area contributed by atoms with Crippen molar-refractivity contribution in [2.75, 3.05) is 18.1 Å². The minimum atomic E-state index is -0.423. The van der Waals surface area contributed by atoms with Gasteiger partial charge in [0.25, 0.3) is 0 Å². The largest absolute Gasteiger partial charge is 0.466 e. The minimum absolute atomic E-state index is 0.0883. The lowest BCUT2D eigenvalue weighted by Crippen LogP contribution is -2.26. The first kappa shape index (κ1) is 17.3. The Hall–Kier alpha value is -3.15. The number of hydrogen-bond donors (Lipinski definition) is 0. The number of esters is 1. The third-order valence-electron chi connectivity index (χ3n) is 4.73. The van der Waals surface area contributed by atoms with Crippen LogP contribution in [0.25, 0.3) is 22.6 Å². The predicted octanol–water partition coefficient (Wildman–Crippen LogP) is 3.72. The van der Waals surface area contributed by atoms with Crippen LogP contribution in [0.15, 0.2) is 46.9 Å². The Labute approximate surface area is 156 Å². The number of rotatable bonds is 4. The molecule has 6 heteroatoms. The Kier molecular flexibility index (Phi) is 4.39. The Balaban J connectivity index is 1.61. The molecule has 0 aliphatic carbocycles. The van der Waals surface area contributed by atoms with Crippen LogP contribution in [-0.4, -0.2) is 30.0 Å². The van der Waals surface area contributed by atoms with Gasteiger partial charge in [-0.15, -0.1) is 0 Å². The van der Waals surface area contributed by atoms with Crippen LogP contribution in [0.1, 0.15) is 18.9 Å². The molecular weight excluding hydrogens is 344 g/mol. The summed E-state index contributed by atoms with van der Waals surface area (Å²) in [6, 6.07) is 13.4. The van der Waals surface area contributed by atoms with E-state index in [1.165, 1.54) is 5.56 Å². The maximum Gasteiger partial charge on any atom is 0.311 e. The second-order valence-corrected chi connectivity index (χ2v) is 6.69. The van der Waals surface area contributed by atoms with Crippen LogP contribution in [0.2, 0.25) is 0 Å². The zero-order valence-electron chi connectivity index (χ0n) is 15.3. The predicted molar refractivity (Wildman–Crippen MR) is 101 cm³/mol. The molecule has 0 spiro atoms. The van der Waals surface area contributed by atoms with Crippen molar-refractivity contribution in [1.82, 2.24) is 4.98 Å². The van der Waals surface area contributed by atoms with Crippen molar-refractivity contribution >= 4 is 28.7 Å². The number of anilines is 1. The maximum atomic E-state index is 12.4. The Morgan fingerprint density at radius 2 is 2.04 bits per heavy atom. The summed E-state index contributed by atoms with van der Waals surface area (Å²) in [5.41, 5.74) is 4.11.